The van der Waals surface area contributed by atoms with E-state index in [2.05, 4.69) is 20.3 Å². The van der Waals surface area contributed by atoms with Crippen LogP contribution in [0.3, 0.4) is 0 Å². The Morgan fingerprint density at radius 3 is 3.00 bits per heavy atom. The van der Waals surface area contributed by atoms with Crippen molar-refractivity contribution in [3.05, 3.63) is 54.1 Å². The van der Waals surface area contributed by atoms with Crippen LogP contribution in [-0.2, 0) is 6.54 Å². The molecule has 0 saturated heterocycles. The molecule has 0 fully saturated rings. The maximum Gasteiger partial charge on any atom is 0.201 e. The van der Waals surface area contributed by atoms with Crippen molar-refractivity contribution in [3.8, 4) is 0 Å². The van der Waals surface area contributed by atoms with Crippen LogP contribution in [0.1, 0.15) is 5.69 Å². The molecule has 0 aliphatic carbocycles. The molecule has 2 N–H and O–H groups in total. The number of halogens is 1. The number of anilines is 1. The van der Waals surface area contributed by atoms with E-state index in [0.717, 1.165) is 11.2 Å². The van der Waals surface area contributed by atoms with Gasteiger partial charge in [-0.15, -0.1) is 0 Å². The number of aromatic nitrogens is 3. The van der Waals surface area contributed by atoms with E-state index >= 15 is 0 Å². The van der Waals surface area contributed by atoms with Crippen molar-refractivity contribution < 1.29 is 4.39 Å². The van der Waals surface area contributed by atoms with Crippen LogP contribution in [0.2, 0.25) is 0 Å². The van der Waals surface area contributed by atoms with Gasteiger partial charge in [0.25, 0.3) is 0 Å². The van der Waals surface area contributed by atoms with Crippen LogP contribution in [0.15, 0.2) is 42.6 Å². The zero-order valence-electron chi connectivity index (χ0n) is 9.52. The summed E-state index contributed by atoms with van der Waals surface area (Å²) in [7, 11) is 0. The van der Waals surface area contributed by atoms with Crippen LogP contribution in [0.4, 0.5) is 10.3 Å². The van der Waals surface area contributed by atoms with Crippen molar-refractivity contribution in [2.75, 3.05) is 5.32 Å². The Hall–Kier alpha value is -2.43. The second kappa shape index (κ2) is 4.44. The van der Waals surface area contributed by atoms with E-state index in [0.29, 0.717) is 18.0 Å². The minimum Gasteiger partial charge on any atom is -0.350 e. The summed E-state index contributed by atoms with van der Waals surface area (Å²) in [6, 6.07) is 10.2. The number of rotatable bonds is 3. The summed E-state index contributed by atoms with van der Waals surface area (Å²) in [6.07, 6.45) is 1.74. The lowest BCUT2D eigenvalue weighted by Gasteiger charge is -2.00. The van der Waals surface area contributed by atoms with Gasteiger partial charge in [-0.3, -0.25) is 4.98 Å². The summed E-state index contributed by atoms with van der Waals surface area (Å²) in [5, 5.41) is 3.12. The Morgan fingerprint density at radius 2 is 2.17 bits per heavy atom. The van der Waals surface area contributed by atoms with E-state index in [4.69, 9.17) is 0 Å². The normalized spacial score (nSPS) is 10.7. The molecule has 2 heterocycles. The number of benzene rings is 1. The van der Waals surface area contributed by atoms with Gasteiger partial charge < -0.3 is 10.3 Å². The molecule has 0 unspecified atom stereocenters. The van der Waals surface area contributed by atoms with Crippen molar-refractivity contribution >= 4 is 17.0 Å². The van der Waals surface area contributed by atoms with Gasteiger partial charge in [-0.1, -0.05) is 6.07 Å². The third-order valence-electron chi connectivity index (χ3n) is 2.61. The highest BCUT2D eigenvalue weighted by molar-refractivity contribution is 5.77. The lowest BCUT2D eigenvalue weighted by molar-refractivity contribution is 0.629. The topological polar surface area (TPSA) is 53.6 Å². The third-order valence-corrected chi connectivity index (χ3v) is 2.61. The Morgan fingerprint density at radius 1 is 1.22 bits per heavy atom. The van der Waals surface area contributed by atoms with Crippen molar-refractivity contribution in [1.82, 2.24) is 15.0 Å². The maximum absolute atomic E-state index is 13.0. The van der Waals surface area contributed by atoms with Gasteiger partial charge in [0, 0.05) is 6.20 Å². The highest BCUT2D eigenvalue weighted by Gasteiger charge is 2.03. The summed E-state index contributed by atoms with van der Waals surface area (Å²) in [5.74, 6) is 0.337. The lowest BCUT2D eigenvalue weighted by Crippen LogP contribution is -2.02. The number of hydrogen-bond acceptors (Lipinski definition) is 3. The van der Waals surface area contributed by atoms with Gasteiger partial charge in [0.15, 0.2) is 0 Å². The first-order valence-electron chi connectivity index (χ1n) is 5.60. The molecule has 0 spiro atoms. The molecule has 5 heteroatoms. The van der Waals surface area contributed by atoms with E-state index in [1.54, 1.807) is 12.3 Å². The lowest BCUT2D eigenvalue weighted by atomic mass is 10.3. The van der Waals surface area contributed by atoms with E-state index in [-0.39, 0.29) is 5.82 Å². The zero-order chi connectivity index (χ0) is 12.4. The highest BCUT2D eigenvalue weighted by atomic mass is 19.1. The quantitative estimate of drug-likeness (QED) is 0.742. The molecule has 4 nitrogen and oxygen atoms in total. The van der Waals surface area contributed by atoms with Crippen molar-refractivity contribution in [2.45, 2.75) is 6.54 Å². The summed E-state index contributed by atoms with van der Waals surface area (Å²) < 4.78 is 13.0. The molecule has 1 aromatic carbocycles. The largest absolute Gasteiger partial charge is 0.350 e. The van der Waals surface area contributed by atoms with E-state index < -0.39 is 0 Å². The maximum atomic E-state index is 13.0. The first kappa shape index (κ1) is 10.7. The second-order valence-corrected chi connectivity index (χ2v) is 3.92. The van der Waals surface area contributed by atoms with Gasteiger partial charge in [-0.25, -0.2) is 9.37 Å². The first-order chi connectivity index (χ1) is 8.81. The molecule has 3 aromatic rings. The Balaban J connectivity index is 1.79. The van der Waals surface area contributed by atoms with Crippen LogP contribution in [0.5, 0.6) is 0 Å². The Bertz CT molecular complexity index is 663. The molecule has 0 atom stereocenters. The molecule has 2 aromatic heterocycles. The van der Waals surface area contributed by atoms with Crippen LogP contribution in [0.25, 0.3) is 11.0 Å². The molecular formula is C13H11FN4. The van der Waals surface area contributed by atoms with Crippen LogP contribution < -0.4 is 5.32 Å². The number of imidazole rings is 1. The molecule has 0 aliphatic rings. The number of aromatic amines is 1. The average molecular weight is 242 g/mol. The smallest absolute Gasteiger partial charge is 0.201 e. The predicted octanol–water partition coefficient (Wildman–Crippen LogP) is 2.71. The van der Waals surface area contributed by atoms with Crippen LogP contribution >= 0.6 is 0 Å². The first-order valence-corrected chi connectivity index (χ1v) is 5.60. The van der Waals surface area contributed by atoms with Crippen LogP contribution in [-0.4, -0.2) is 15.0 Å². The number of H-pyrrole nitrogens is 1. The second-order valence-electron chi connectivity index (χ2n) is 3.92. The van der Waals surface area contributed by atoms with Gasteiger partial charge >= 0.3 is 0 Å². The predicted molar refractivity (Wildman–Crippen MR) is 67.6 cm³/mol. The monoisotopic (exact) mass is 242 g/mol. The number of hydrogen-bond donors (Lipinski definition) is 2. The summed E-state index contributed by atoms with van der Waals surface area (Å²) in [5.41, 5.74) is 2.34. The van der Waals surface area contributed by atoms with Gasteiger partial charge in [-0.2, -0.15) is 0 Å². The van der Waals surface area contributed by atoms with Gasteiger partial charge in [0.1, 0.15) is 5.82 Å². The average Bonchev–Trinajstić information content (AvgIpc) is 2.79. The van der Waals surface area contributed by atoms with E-state index in [9.17, 15) is 4.39 Å². The zero-order valence-corrected chi connectivity index (χ0v) is 9.52. The van der Waals surface area contributed by atoms with Gasteiger partial charge in [-0.05, 0) is 30.3 Å². The van der Waals surface area contributed by atoms with Crippen molar-refractivity contribution in [2.24, 2.45) is 0 Å². The third kappa shape index (κ3) is 2.15. The number of pyridine rings is 1. The highest BCUT2D eigenvalue weighted by Crippen LogP contribution is 2.15. The molecule has 18 heavy (non-hydrogen) atoms. The Kier molecular flexibility index (Phi) is 2.64. The fraction of sp³-hybridized carbons (Fsp3) is 0.0769. The van der Waals surface area contributed by atoms with Crippen molar-refractivity contribution in [1.29, 1.82) is 0 Å². The summed E-state index contributed by atoms with van der Waals surface area (Å²) >= 11 is 0. The molecule has 0 aliphatic heterocycles. The molecular weight excluding hydrogens is 231 g/mol. The van der Waals surface area contributed by atoms with Crippen molar-refractivity contribution in [3.63, 3.8) is 0 Å². The number of nitrogens with one attached hydrogen (secondary N) is 2. The van der Waals surface area contributed by atoms with E-state index in [1.807, 2.05) is 18.2 Å². The summed E-state index contributed by atoms with van der Waals surface area (Å²) in [4.78, 5) is 11.5. The Labute approximate surface area is 103 Å². The molecule has 0 saturated carbocycles. The minimum atomic E-state index is -0.276. The molecule has 3 rings (SSSR count). The number of nitrogens with zero attached hydrogens (tertiary/aromatic N) is 2. The van der Waals surface area contributed by atoms with Gasteiger partial charge in [0.2, 0.25) is 5.95 Å². The minimum absolute atomic E-state index is 0.276. The molecule has 0 amide bonds. The van der Waals surface area contributed by atoms with Crippen LogP contribution in [0, 0.1) is 5.82 Å². The fourth-order valence-electron chi connectivity index (χ4n) is 1.74. The molecule has 0 bridgehead atoms. The van der Waals surface area contributed by atoms with E-state index in [1.165, 1.54) is 12.1 Å². The number of fused-ring (bicyclic) bond motifs is 1. The summed E-state index contributed by atoms with van der Waals surface area (Å²) in [6.45, 7) is 0.573. The fourth-order valence-corrected chi connectivity index (χ4v) is 1.74. The standard InChI is InChI=1S/C13H11FN4/c14-9-4-5-11-12(7-9)18-13(17-11)16-8-10-3-1-2-6-15-10/h1-7H,8H2,(H2,16,17,18). The van der Waals surface area contributed by atoms with Gasteiger partial charge in [0.05, 0.1) is 23.3 Å². The SMILES string of the molecule is Fc1ccc2nc(NCc3ccccn3)[nH]c2c1. The molecule has 90 valence electrons. The molecule has 0 radical (unpaired) electrons.